The average molecular weight is 464 g/mol. The van der Waals surface area contributed by atoms with Crippen LogP contribution < -0.4 is 10.6 Å². The van der Waals surface area contributed by atoms with Gasteiger partial charge in [0.15, 0.2) is 0 Å². The van der Waals surface area contributed by atoms with E-state index in [1.165, 1.54) is 17.0 Å². The Morgan fingerprint density at radius 3 is 2.00 bits per heavy atom. The van der Waals surface area contributed by atoms with Crippen LogP contribution in [0.1, 0.15) is 80.3 Å². The molecule has 0 aliphatic carbocycles. The fourth-order valence-corrected chi connectivity index (χ4v) is 3.38. The molecule has 0 heterocycles. The topological polar surface area (TPSA) is 108 Å². The molecule has 0 radical (unpaired) electrons. The number of hydrogen-bond donors (Lipinski definition) is 3. The summed E-state index contributed by atoms with van der Waals surface area (Å²) in [6.45, 7) is 16.8. The Bertz CT molecular complexity index is 807. The van der Waals surface area contributed by atoms with Crippen molar-refractivity contribution in [3.8, 4) is 5.75 Å². The number of phenols is 1. The molecular weight excluding hydrogens is 422 g/mol. The van der Waals surface area contributed by atoms with Crippen molar-refractivity contribution < 1.29 is 24.2 Å². The molecular formula is C25H41N3O5. The van der Waals surface area contributed by atoms with E-state index in [0.717, 1.165) is 0 Å². The Balaban J connectivity index is 3.36. The SMILES string of the molecule is CCN(C(=O)C(CC(C)C)NC(=O)OC(C)(C)C)C(C(=O)NC(C)(C)C)c1ccc(O)cc1. The van der Waals surface area contributed by atoms with Crippen molar-refractivity contribution in [2.24, 2.45) is 5.92 Å². The summed E-state index contributed by atoms with van der Waals surface area (Å²) in [7, 11) is 0. The highest BCUT2D eigenvalue weighted by Gasteiger charge is 2.36. The minimum Gasteiger partial charge on any atom is -0.508 e. The molecule has 8 heteroatoms. The zero-order valence-electron chi connectivity index (χ0n) is 21.5. The van der Waals surface area contributed by atoms with Crippen molar-refractivity contribution in [1.82, 2.24) is 15.5 Å². The van der Waals surface area contributed by atoms with Crippen molar-refractivity contribution in [1.29, 1.82) is 0 Å². The maximum atomic E-state index is 13.7. The number of nitrogens with zero attached hydrogens (tertiary/aromatic N) is 1. The molecule has 33 heavy (non-hydrogen) atoms. The number of alkyl carbamates (subject to hydrolysis) is 1. The number of rotatable bonds is 8. The van der Waals surface area contributed by atoms with Crippen LogP contribution in [0.25, 0.3) is 0 Å². The van der Waals surface area contributed by atoms with Crippen LogP contribution in [0.3, 0.4) is 0 Å². The molecule has 2 unspecified atom stereocenters. The van der Waals surface area contributed by atoms with Crippen LogP contribution in [-0.2, 0) is 14.3 Å². The Morgan fingerprint density at radius 1 is 1.03 bits per heavy atom. The van der Waals surface area contributed by atoms with E-state index in [-0.39, 0.29) is 30.0 Å². The summed E-state index contributed by atoms with van der Waals surface area (Å²) >= 11 is 0. The highest BCUT2D eigenvalue weighted by atomic mass is 16.6. The number of phenolic OH excluding ortho intramolecular Hbond substituents is 1. The van der Waals surface area contributed by atoms with E-state index in [1.807, 2.05) is 34.6 Å². The number of ether oxygens (including phenoxy) is 1. The van der Waals surface area contributed by atoms with Gasteiger partial charge in [-0.05, 0) is 78.5 Å². The van der Waals surface area contributed by atoms with E-state index >= 15 is 0 Å². The van der Waals surface area contributed by atoms with Gasteiger partial charge in [0.1, 0.15) is 23.4 Å². The van der Waals surface area contributed by atoms with Gasteiger partial charge in [-0.1, -0.05) is 26.0 Å². The van der Waals surface area contributed by atoms with Crippen LogP contribution >= 0.6 is 0 Å². The Hall–Kier alpha value is -2.77. The third-order valence-corrected chi connectivity index (χ3v) is 4.59. The number of hydrogen-bond acceptors (Lipinski definition) is 5. The molecule has 186 valence electrons. The second-order valence-electron chi connectivity index (χ2n) is 10.7. The normalized spacial score (nSPS) is 13.8. The third kappa shape index (κ3) is 9.72. The number of carbonyl (C=O) groups is 3. The number of nitrogens with one attached hydrogen (secondary N) is 2. The van der Waals surface area contributed by atoms with Gasteiger partial charge in [0.25, 0.3) is 0 Å². The van der Waals surface area contributed by atoms with Gasteiger partial charge in [-0.25, -0.2) is 4.79 Å². The number of likely N-dealkylation sites (N-methyl/N-ethyl adjacent to an activating group) is 1. The molecule has 2 atom stereocenters. The van der Waals surface area contributed by atoms with Crippen LogP contribution in [0.2, 0.25) is 0 Å². The second-order valence-corrected chi connectivity index (χ2v) is 10.7. The van der Waals surface area contributed by atoms with Crippen LogP contribution in [-0.4, -0.2) is 51.6 Å². The van der Waals surface area contributed by atoms with Crippen LogP contribution in [0.5, 0.6) is 5.75 Å². The van der Waals surface area contributed by atoms with Crippen molar-refractivity contribution in [2.75, 3.05) is 6.54 Å². The number of carbonyl (C=O) groups excluding carboxylic acids is 3. The first kappa shape index (κ1) is 28.3. The second kappa shape index (κ2) is 11.4. The highest BCUT2D eigenvalue weighted by Crippen LogP contribution is 2.26. The first-order chi connectivity index (χ1) is 15.0. The highest BCUT2D eigenvalue weighted by molar-refractivity contribution is 5.92. The predicted molar refractivity (Wildman–Crippen MR) is 129 cm³/mol. The van der Waals surface area contributed by atoms with Gasteiger partial charge in [-0.2, -0.15) is 0 Å². The molecule has 0 aromatic heterocycles. The monoisotopic (exact) mass is 463 g/mol. The minimum atomic E-state index is -0.933. The number of amides is 3. The predicted octanol–water partition coefficient (Wildman–Crippen LogP) is 4.14. The summed E-state index contributed by atoms with van der Waals surface area (Å²) in [5.41, 5.74) is -0.660. The Labute approximate surface area is 198 Å². The lowest BCUT2D eigenvalue weighted by molar-refractivity contribution is -0.143. The summed E-state index contributed by atoms with van der Waals surface area (Å²) in [4.78, 5) is 40.9. The lowest BCUT2D eigenvalue weighted by atomic mass is 9.98. The van der Waals surface area contributed by atoms with Crippen molar-refractivity contribution in [3.63, 3.8) is 0 Å². The smallest absolute Gasteiger partial charge is 0.408 e. The quantitative estimate of drug-likeness (QED) is 0.537. The molecule has 0 aliphatic rings. The summed E-state index contributed by atoms with van der Waals surface area (Å²) < 4.78 is 5.36. The summed E-state index contributed by atoms with van der Waals surface area (Å²) in [5.74, 6) is -0.543. The molecule has 0 spiro atoms. The van der Waals surface area contributed by atoms with E-state index in [4.69, 9.17) is 4.74 Å². The average Bonchev–Trinajstić information content (AvgIpc) is 2.62. The largest absolute Gasteiger partial charge is 0.508 e. The molecule has 3 amide bonds. The zero-order chi connectivity index (χ0) is 25.6. The fraction of sp³-hybridized carbons (Fsp3) is 0.640. The van der Waals surface area contributed by atoms with Crippen LogP contribution in [0.15, 0.2) is 24.3 Å². The fourth-order valence-electron chi connectivity index (χ4n) is 3.38. The number of aromatic hydroxyl groups is 1. The molecule has 1 rings (SSSR count). The molecule has 0 saturated carbocycles. The first-order valence-electron chi connectivity index (χ1n) is 11.4. The van der Waals surface area contributed by atoms with E-state index in [1.54, 1.807) is 39.8 Å². The molecule has 8 nitrogen and oxygen atoms in total. The summed E-state index contributed by atoms with van der Waals surface area (Å²) in [6.07, 6.45) is -0.296. The summed E-state index contributed by atoms with van der Waals surface area (Å²) in [6, 6.07) is 4.41. The van der Waals surface area contributed by atoms with Gasteiger partial charge < -0.3 is 25.4 Å². The van der Waals surface area contributed by atoms with Gasteiger partial charge in [-0.15, -0.1) is 0 Å². The molecule has 0 saturated heterocycles. The van der Waals surface area contributed by atoms with Crippen molar-refractivity contribution >= 4 is 17.9 Å². The van der Waals surface area contributed by atoms with Gasteiger partial charge in [0.05, 0.1) is 0 Å². The number of benzene rings is 1. The lowest BCUT2D eigenvalue weighted by Crippen LogP contribution is -2.54. The van der Waals surface area contributed by atoms with Gasteiger partial charge in [0, 0.05) is 12.1 Å². The zero-order valence-corrected chi connectivity index (χ0v) is 21.5. The molecule has 0 fully saturated rings. The molecule has 1 aromatic rings. The lowest BCUT2D eigenvalue weighted by Gasteiger charge is -2.35. The molecule has 0 bridgehead atoms. The van der Waals surface area contributed by atoms with Gasteiger partial charge >= 0.3 is 6.09 Å². The standard InChI is InChI=1S/C25H41N3O5/c1-10-28(22(31)19(15-16(2)3)26-23(32)33-25(7,8)9)20(21(30)27-24(4,5)6)17-11-13-18(29)14-12-17/h11-14,16,19-20,29H,10,15H2,1-9H3,(H,26,32)(H,27,30). The minimum absolute atomic E-state index is 0.0624. The maximum absolute atomic E-state index is 13.7. The first-order valence-corrected chi connectivity index (χ1v) is 11.4. The third-order valence-electron chi connectivity index (χ3n) is 4.59. The van der Waals surface area contributed by atoms with Gasteiger partial charge in [0.2, 0.25) is 11.8 Å². The van der Waals surface area contributed by atoms with E-state index in [0.29, 0.717) is 12.0 Å². The van der Waals surface area contributed by atoms with Crippen molar-refractivity contribution in [3.05, 3.63) is 29.8 Å². The van der Waals surface area contributed by atoms with Crippen LogP contribution in [0, 0.1) is 5.92 Å². The van der Waals surface area contributed by atoms with Crippen molar-refractivity contribution in [2.45, 2.75) is 92.0 Å². The molecule has 1 aromatic carbocycles. The Morgan fingerprint density at radius 2 is 1.58 bits per heavy atom. The molecule has 0 aliphatic heterocycles. The Kier molecular flexibility index (Phi) is 9.75. The van der Waals surface area contributed by atoms with E-state index in [9.17, 15) is 19.5 Å². The van der Waals surface area contributed by atoms with Gasteiger partial charge in [-0.3, -0.25) is 9.59 Å². The maximum Gasteiger partial charge on any atom is 0.408 e. The summed E-state index contributed by atoms with van der Waals surface area (Å²) in [5, 5.41) is 15.3. The van der Waals surface area contributed by atoms with Crippen LogP contribution in [0.4, 0.5) is 4.79 Å². The van der Waals surface area contributed by atoms with E-state index in [2.05, 4.69) is 10.6 Å². The van der Waals surface area contributed by atoms with E-state index < -0.39 is 29.3 Å². The molecule has 3 N–H and O–H groups in total.